The molecule has 1 aromatic carbocycles. The predicted octanol–water partition coefficient (Wildman–Crippen LogP) is 2.59. The van der Waals surface area contributed by atoms with Crippen molar-refractivity contribution >= 4 is 5.91 Å². The number of amides is 1. The second kappa shape index (κ2) is 6.52. The molecular formula is C16H22F2N2O. The van der Waals surface area contributed by atoms with Crippen LogP contribution in [0.25, 0.3) is 0 Å². The number of piperidine rings is 1. The van der Waals surface area contributed by atoms with Gasteiger partial charge in [-0.25, -0.2) is 8.78 Å². The van der Waals surface area contributed by atoms with Crippen LogP contribution in [0.15, 0.2) is 24.3 Å². The van der Waals surface area contributed by atoms with Crippen molar-refractivity contribution in [2.45, 2.75) is 32.7 Å². The molecule has 1 heterocycles. The van der Waals surface area contributed by atoms with Crippen molar-refractivity contribution in [3.05, 3.63) is 35.4 Å². The van der Waals surface area contributed by atoms with E-state index in [1.54, 1.807) is 4.90 Å². The van der Waals surface area contributed by atoms with E-state index >= 15 is 0 Å². The van der Waals surface area contributed by atoms with Crippen LogP contribution in [0, 0.1) is 12.8 Å². The van der Waals surface area contributed by atoms with E-state index in [0.29, 0.717) is 6.54 Å². The number of alkyl halides is 2. The quantitative estimate of drug-likeness (QED) is 0.926. The van der Waals surface area contributed by atoms with Crippen LogP contribution in [0.2, 0.25) is 0 Å². The van der Waals surface area contributed by atoms with E-state index in [1.807, 2.05) is 31.2 Å². The smallest absolute Gasteiger partial charge is 0.253 e. The van der Waals surface area contributed by atoms with Crippen LogP contribution in [0.5, 0.6) is 0 Å². The first-order valence-corrected chi connectivity index (χ1v) is 7.29. The number of nitrogens with zero attached hydrogens (tertiary/aromatic N) is 1. The van der Waals surface area contributed by atoms with Gasteiger partial charge in [0.2, 0.25) is 5.91 Å². The average molecular weight is 296 g/mol. The van der Waals surface area contributed by atoms with Crippen LogP contribution in [0.1, 0.15) is 24.5 Å². The summed E-state index contributed by atoms with van der Waals surface area (Å²) >= 11 is 0. The summed E-state index contributed by atoms with van der Waals surface area (Å²) in [5.74, 6) is -3.42. The molecule has 1 unspecified atom stereocenters. The molecule has 0 spiro atoms. The number of aryl methyl sites for hydroxylation is 1. The Bertz CT molecular complexity index is 505. The summed E-state index contributed by atoms with van der Waals surface area (Å²) < 4.78 is 26.8. The number of carbonyl (C=O) groups is 1. The zero-order valence-electron chi connectivity index (χ0n) is 12.5. The van der Waals surface area contributed by atoms with Crippen LogP contribution < -0.4 is 5.32 Å². The summed E-state index contributed by atoms with van der Waals surface area (Å²) in [7, 11) is 0. The van der Waals surface area contributed by atoms with Gasteiger partial charge in [0.15, 0.2) is 0 Å². The lowest BCUT2D eigenvalue weighted by molar-refractivity contribution is -0.128. The molecule has 1 aliphatic rings. The monoisotopic (exact) mass is 296 g/mol. The van der Waals surface area contributed by atoms with Gasteiger partial charge in [-0.15, -0.1) is 0 Å². The highest BCUT2D eigenvalue weighted by Crippen LogP contribution is 2.32. The number of halogens is 2. The van der Waals surface area contributed by atoms with Crippen molar-refractivity contribution < 1.29 is 13.6 Å². The van der Waals surface area contributed by atoms with Gasteiger partial charge in [0.05, 0.1) is 6.54 Å². The van der Waals surface area contributed by atoms with Crippen molar-refractivity contribution in [3.8, 4) is 0 Å². The fourth-order valence-electron chi connectivity index (χ4n) is 2.59. The van der Waals surface area contributed by atoms with Gasteiger partial charge >= 0.3 is 0 Å². The van der Waals surface area contributed by atoms with Gasteiger partial charge in [-0.05, 0) is 12.5 Å². The van der Waals surface area contributed by atoms with Gasteiger partial charge in [-0.3, -0.25) is 9.69 Å². The van der Waals surface area contributed by atoms with Crippen LogP contribution in [0.4, 0.5) is 8.78 Å². The first-order valence-electron chi connectivity index (χ1n) is 7.29. The molecule has 1 aromatic rings. The standard InChI is InChI=1S/C16H22F2N2O/c1-12-4-3-5-14(8-12)9-19-15(21)11-20-7-6-16(17,18)13(2)10-20/h3-5,8,13H,6-7,9-11H2,1-2H3,(H,19,21). The molecule has 1 atom stereocenters. The van der Waals surface area contributed by atoms with E-state index in [4.69, 9.17) is 0 Å². The third kappa shape index (κ3) is 4.49. The maximum Gasteiger partial charge on any atom is 0.253 e. The second-order valence-corrected chi connectivity index (χ2v) is 5.91. The summed E-state index contributed by atoms with van der Waals surface area (Å²) in [6, 6.07) is 7.92. The van der Waals surface area contributed by atoms with E-state index in [0.717, 1.165) is 11.1 Å². The Balaban J connectivity index is 1.78. The van der Waals surface area contributed by atoms with Crippen molar-refractivity contribution in [2.75, 3.05) is 19.6 Å². The number of hydrogen-bond acceptors (Lipinski definition) is 2. The zero-order chi connectivity index (χ0) is 15.5. The van der Waals surface area contributed by atoms with Crippen molar-refractivity contribution in [2.24, 2.45) is 5.92 Å². The predicted molar refractivity (Wildman–Crippen MR) is 78.2 cm³/mol. The van der Waals surface area contributed by atoms with Crippen LogP contribution in [-0.4, -0.2) is 36.4 Å². The Morgan fingerprint density at radius 3 is 2.90 bits per heavy atom. The maximum absolute atomic E-state index is 13.4. The van der Waals surface area contributed by atoms with Gasteiger partial charge in [0.25, 0.3) is 5.92 Å². The first kappa shape index (κ1) is 15.9. The fraction of sp³-hybridized carbons (Fsp3) is 0.562. The van der Waals surface area contributed by atoms with E-state index in [1.165, 1.54) is 6.92 Å². The number of likely N-dealkylation sites (tertiary alicyclic amines) is 1. The molecule has 21 heavy (non-hydrogen) atoms. The lowest BCUT2D eigenvalue weighted by Gasteiger charge is -2.36. The van der Waals surface area contributed by atoms with Crippen LogP contribution in [-0.2, 0) is 11.3 Å². The second-order valence-electron chi connectivity index (χ2n) is 5.91. The number of nitrogens with one attached hydrogen (secondary N) is 1. The minimum atomic E-state index is -2.60. The third-order valence-corrected chi connectivity index (χ3v) is 3.95. The number of carbonyl (C=O) groups excluding carboxylic acids is 1. The van der Waals surface area contributed by atoms with Crippen LogP contribution in [0.3, 0.4) is 0 Å². The molecule has 0 bridgehead atoms. The Morgan fingerprint density at radius 2 is 2.24 bits per heavy atom. The SMILES string of the molecule is Cc1cccc(CNC(=O)CN2CCC(F)(F)C(C)C2)c1. The van der Waals surface area contributed by atoms with Gasteiger partial charge in [-0.2, -0.15) is 0 Å². The minimum Gasteiger partial charge on any atom is -0.351 e. The summed E-state index contributed by atoms with van der Waals surface area (Å²) in [6.07, 6.45) is -0.167. The van der Waals surface area contributed by atoms with Gasteiger partial charge < -0.3 is 5.32 Å². The highest BCUT2D eigenvalue weighted by atomic mass is 19.3. The molecule has 2 rings (SSSR count). The Kier molecular flexibility index (Phi) is 4.93. The fourth-order valence-corrected chi connectivity index (χ4v) is 2.59. The lowest BCUT2D eigenvalue weighted by atomic mass is 9.95. The van der Waals surface area contributed by atoms with Gasteiger partial charge in [0, 0.05) is 32.0 Å². The normalized spacial score (nSPS) is 22.0. The maximum atomic E-state index is 13.4. The molecule has 0 aliphatic carbocycles. The molecule has 5 heteroatoms. The topological polar surface area (TPSA) is 32.3 Å². The minimum absolute atomic E-state index is 0.117. The van der Waals surface area contributed by atoms with E-state index < -0.39 is 11.8 Å². The number of rotatable bonds is 4. The zero-order valence-corrected chi connectivity index (χ0v) is 12.5. The Labute approximate surface area is 124 Å². The summed E-state index contributed by atoms with van der Waals surface area (Å²) in [4.78, 5) is 13.7. The van der Waals surface area contributed by atoms with Crippen molar-refractivity contribution in [1.82, 2.24) is 10.2 Å². The van der Waals surface area contributed by atoms with Gasteiger partial charge in [0.1, 0.15) is 0 Å². The largest absolute Gasteiger partial charge is 0.351 e. The van der Waals surface area contributed by atoms with Crippen LogP contribution >= 0.6 is 0 Å². The average Bonchev–Trinajstić information content (AvgIpc) is 2.41. The molecular weight excluding hydrogens is 274 g/mol. The Morgan fingerprint density at radius 1 is 1.48 bits per heavy atom. The molecule has 1 aliphatic heterocycles. The van der Waals surface area contributed by atoms with E-state index in [2.05, 4.69) is 5.32 Å². The molecule has 3 nitrogen and oxygen atoms in total. The van der Waals surface area contributed by atoms with Gasteiger partial charge in [-0.1, -0.05) is 36.8 Å². The molecule has 1 saturated heterocycles. The highest BCUT2D eigenvalue weighted by molar-refractivity contribution is 5.78. The molecule has 116 valence electrons. The summed E-state index contributed by atoms with van der Waals surface area (Å²) in [5, 5.41) is 2.84. The van der Waals surface area contributed by atoms with E-state index in [9.17, 15) is 13.6 Å². The van der Waals surface area contributed by atoms with Crippen molar-refractivity contribution in [1.29, 1.82) is 0 Å². The molecule has 1 N–H and O–H groups in total. The first-order chi connectivity index (χ1) is 9.87. The molecule has 0 radical (unpaired) electrons. The lowest BCUT2D eigenvalue weighted by Crippen LogP contribution is -2.48. The third-order valence-electron chi connectivity index (χ3n) is 3.95. The summed E-state index contributed by atoms with van der Waals surface area (Å²) in [6.45, 7) is 4.74. The number of benzene rings is 1. The summed E-state index contributed by atoms with van der Waals surface area (Å²) in [5.41, 5.74) is 2.19. The van der Waals surface area contributed by atoms with Crippen molar-refractivity contribution in [3.63, 3.8) is 0 Å². The van der Waals surface area contributed by atoms with E-state index in [-0.39, 0.29) is 32.0 Å². The Hall–Kier alpha value is -1.49. The molecule has 1 amide bonds. The highest BCUT2D eigenvalue weighted by Gasteiger charge is 2.41. The molecule has 0 saturated carbocycles. The molecule has 1 fully saturated rings. The molecule has 0 aromatic heterocycles. The number of hydrogen-bond donors (Lipinski definition) is 1.